The van der Waals surface area contributed by atoms with Crippen molar-refractivity contribution in [2.24, 2.45) is 0 Å². The van der Waals surface area contributed by atoms with Crippen LogP contribution in [0.4, 0.5) is 8.78 Å². The zero-order valence-corrected chi connectivity index (χ0v) is 15.8. The summed E-state index contributed by atoms with van der Waals surface area (Å²) in [6, 6.07) is 5.67. The highest BCUT2D eigenvalue weighted by Gasteiger charge is 2.11. The number of carbonyl (C=O) groups excluding carboxylic acids is 2. The van der Waals surface area contributed by atoms with Crippen LogP contribution in [0.2, 0.25) is 0 Å². The number of alkyl halides is 2. The summed E-state index contributed by atoms with van der Waals surface area (Å²) in [5.74, 6) is -1.32. The Hall–Kier alpha value is -3.01. The normalized spacial score (nSPS) is 12.3. The van der Waals surface area contributed by atoms with Crippen molar-refractivity contribution in [1.29, 1.82) is 0 Å². The molecule has 0 atom stereocenters. The van der Waals surface area contributed by atoms with E-state index in [0.717, 1.165) is 22.0 Å². The SMILES string of the molecule is CCOC(=O)/C=c1/s/c(=C/c2ccc(OC(F)F)cc2)c(=O)n1CC(=O)OC. The smallest absolute Gasteiger partial charge is 0.387 e. The third-order valence-corrected chi connectivity index (χ3v) is 4.44. The number of hydrogen-bond acceptors (Lipinski definition) is 7. The monoisotopic (exact) mass is 413 g/mol. The van der Waals surface area contributed by atoms with Crippen molar-refractivity contribution in [2.75, 3.05) is 13.7 Å². The third-order valence-electron chi connectivity index (χ3n) is 3.38. The summed E-state index contributed by atoms with van der Waals surface area (Å²) in [5, 5.41) is 0. The van der Waals surface area contributed by atoms with Crippen molar-refractivity contribution < 1.29 is 32.6 Å². The standard InChI is InChI=1S/C18H17F2NO6S/c1-3-26-15(22)9-14-21(10-16(23)25-2)17(24)13(28-14)8-11-4-6-12(7-5-11)27-18(19)20/h4-9,18H,3,10H2,1-2H3/b13-8+,14-9+. The molecule has 150 valence electrons. The molecule has 0 aliphatic carbocycles. The van der Waals surface area contributed by atoms with E-state index in [1.165, 1.54) is 37.5 Å². The molecule has 7 nitrogen and oxygen atoms in total. The number of rotatable bonds is 7. The average Bonchev–Trinajstić information content (AvgIpc) is 2.91. The van der Waals surface area contributed by atoms with E-state index in [2.05, 4.69) is 9.47 Å². The molecule has 0 radical (unpaired) electrons. The fourth-order valence-corrected chi connectivity index (χ4v) is 3.20. The first-order valence-corrected chi connectivity index (χ1v) is 8.87. The number of halogens is 2. The zero-order chi connectivity index (χ0) is 20.7. The van der Waals surface area contributed by atoms with Crippen LogP contribution >= 0.6 is 11.3 Å². The Morgan fingerprint density at radius 2 is 1.93 bits per heavy atom. The molecule has 0 fully saturated rings. The van der Waals surface area contributed by atoms with Crippen LogP contribution in [0.5, 0.6) is 5.75 Å². The lowest BCUT2D eigenvalue weighted by atomic mass is 10.2. The molecular formula is C18H17F2NO6S. The quantitative estimate of drug-likeness (QED) is 0.626. The van der Waals surface area contributed by atoms with Gasteiger partial charge in [-0.3, -0.25) is 14.2 Å². The van der Waals surface area contributed by atoms with Gasteiger partial charge in [0.1, 0.15) is 17.0 Å². The highest BCUT2D eigenvalue weighted by Crippen LogP contribution is 2.15. The molecular weight excluding hydrogens is 396 g/mol. The van der Waals surface area contributed by atoms with Gasteiger partial charge in [-0.05, 0) is 30.7 Å². The van der Waals surface area contributed by atoms with Crippen LogP contribution in [0, 0.1) is 0 Å². The summed E-state index contributed by atoms with van der Waals surface area (Å²) in [7, 11) is 1.19. The van der Waals surface area contributed by atoms with Gasteiger partial charge >= 0.3 is 18.6 Å². The highest BCUT2D eigenvalue weighted by atomic mass is 32.1. The number of hydrogen-bond donors (Lipinski definition) is 0. The second-order valence-electron chi connectivity index (χ2n) is 5.26. The summed E-state index contributed by atoms with van der Waals surface area (Å²) < 4.78 is 39.7. The lowest BCUT2D eigenvalue weighted by Gasteiger charge is -2.03. The molecule has 2 rings (SSSR count). The zero-order valence-electron chi connectivity index (χ0n) is 15.0. The number of aromatic nitrogens is 1. The van der Waals surface area contributed by atoms with Crippen molar-refractivity contribution in [3.05, 3.63) is 49.4 Å². The Kier molecular flexibility index (Phi) is 7.44. The van der Waals surface area contributed by atoms with Gasteiger partial charge in [0.05, 0.1) is 24.3 Å². The molecule has 0 aliphatic heterocycles. The van der Waals surface area contributed by atoms with Crippen molar-refractivity contribution in [3.63, 3.8) is 0 Å². The van der Waals surface area contributed by atoms with Crippen molar-refractivity contribution in [2.45, 2.75) is 20.1 Å². The van der Waals surface area contributed by atoms with E-state index in [0.29, 0.717) is 5.56 Å². The molecule has 10 heteroatoms. The second kappa shape index (κ2) is 9.79. The Labute approximate surface area is 162 Å². The molecule has 2 aromatic rings. The number of ether oxygens (including phenoxy) is 3. The molecule has 28 heavy (non-hydrogen) atoms. The number of methoxy groups -OCH3 is 1. The van der Waals surface area contributed by atoms with Gasteiger partial charge in [0.25, 0.3) is 5.56 Å². The van der Waals surface area contributed by atoms with Gasteiger partial charge in [0.2, 0.25) is 0 Å². The third kappa shape index (κ3) is 5.74. The predicted octanol–water partition coefficient (Wildman–Crippen LogP) is 0.857. The van der Waals surface area contributed by atoms with Crippen LogP contribution in [-0.2, 0) is 25.6 Å². The van der Waals surface area contributed by atoms with Gasteiger partial charge in [0.15, 0.2) is 0 Å². The molecule has 0 saturated carbocycles. The Morgan fingerprint density at radius 3 is 2.50 bits per heavy atom. The first-order valence-electron chi connectivity index (χ1n) is 8.05. The first-order chi connectivity index (χ1) is 13.3. The minimum absolute atomic E-state index is 0.0160. The van der Waals surface area contributed by atoms with Crippen LogP contribution in [-0.4, -0.2) is 36.8 Å². The summed E-state index contributed by atoms with van der Waals surface area (Å²) in [4.78, 5) is 36.0. The van der Waals surface area contributed by atoms with Crippen LogP contribution in [0.3, 0.4) is 0 Å². The maximum atomic E-state index is 12.6. The predicted molar refractivity (Wildman–Crippen MR) is 97.6 cm³/mol. The topological polar surface area (TPSA) is 83.8 Å². The Morgan fingerprint density at radius 1 is 1.25 bits per heavy atom. The van der Waals surface area contributed by atoms with Crippen LogP contribution in [0.1, 0.15) is 12.5 Å². The van der Waals surface area contributed by atoms with Crippen LogP contribution < -0.4 is 19.5 Å². The molecule has 1 aromatic carbocycles. The van der Waals surface area contributed by atoms with E-state index in [1.807, 2.05) is 0 Å². The Balaban J connectivity index is 2.49. The van der Waals surface area contributed by atoms with Crippen molar-refractivity contribution >= 4 is 35.4 Å². The van der Waals surface area contributed by atoms with Gasteiger partial charge in [0, 0.05) is 0 Å². The summed E-state index contributed by atoms with van der Waals surface area (Å²) in [6.07, 6.45) is 2.63. The molecule has 0 unspecified atom stereocenters. The van der Waals surface area contributed by atoms with E-state index >= 15 is 0 Å². The number of carbonyl (C=O) groups is 2. The van der Waals surface area contributed by atoms with Gasteiger partial charge in [-0.1, -0.05) is 12.1 Å². The lowest BCUT2D eigenvalue weighted by molar-refractivity contribution is -0.141. The summed E-state index contributed by atoms with van der Waals surface area (Å²) in [5.41, 5.74) is 0.0479. The molecule has 0 spiro atoms. The van der Waals surface area contributed by atoms with E-state index in [4.69, 9.17) is 4.74 Å². The van der Waals surface area contributed by atoms with E-state index in [9.17, 15) is 23.2 Å². The largest absolute Gasteiger partial charge is 0.468 e. The van der Waals surface area contributed by atoms with E-state index in [1.54, 1.807) is 6.92 Å². The van der Waals surface area contributed by atoms with Gasteiger partial charge < -0.3 is 14.2 Å². The molecule has 0 aliphatic rings. The Bertz CT molecular complexity index is 1010. The minimum atomic E-state index is -2.93. The van der Waals surface area contributed by atoms with Gasteiger partial charge in [-0.15, -0.1) is 11.3 Å². The van der Waals surface area contributed by atoms with Gasteiger partial charge in [-0.25, -0.2) is 4.79 Å². The fraction of sp³-hybridized carbons (Fsp3) is 0.278. The maximum Gasteiger partial charge on any atom is 0.387 e. The summed E-state index contributed by atoms with van der Waals surface area (Å²) >= 11 is 0.982. The molecule has 0 amide bonds. The number of benzene rings is 1. The van der Waals surface area contributed by atoms with Crippen molar-refractivity contribution in [3.8, 4) is 5.75 Å². The number of nitrogens with zero attached hydrogens (tertiary/aromatic N) is 1. The number of esters is 2. The maximum absolute atomic E-state index is 12.6. The van der Waals surface area contributed by atoms with Gasteiger partial charge in [-0.2, -0.15) is 8.78 Å². The van der Waals surface area contributed by atoms with E-state index in [-0.39, 0.29) is 28.1 Å². The minimum Gasteiger partial charge on any atom is -0.468 e. The molecule has 0 N–H and O–H groups in total. The summed E-state index contributed by atoms with van der Waals surface area (Å²) in [6.45, 7) is -1.50. The van der Waals surface area contributed by atoms with Crippen LogP contribution in [0.25, 0.3) is 12.2 Å². The highest BCUT2D eigenvalue weighted by molar-refractivity contribution is 7.07. The number of thiazole rings is 1. The van der Waals surface area contributed by atoms with Crippen LogP contribution in [0.15, 0.2) is 29.1 Å². The van der Waals surface area contributed by atoms with Crippen molar-refractivity contribution in [1.82, 2.24) is 4.57 Å². The van der Waals surface area contributed by atoms with E-state index < -0.39 is 24.1 Å². The first kappa shape index (κ1) is 21.3. The molecule has 1 heterocycles. The molecule has 1 aromatic heterocycles. The molecule has 0 bridgehead atoms. The second-order valence-corrected chi connectivity index (χ2v) is 6.32. The lowest BCUT2D eigenvalue weighted by Crippen LogP contribution is -2.34. The molecule has 0 saturated heterocycles. The fourth-order valence-electron chi connectivity index (χ4n) is 2.17. The average molecular weight is 413 g/mol.